The fourth-order valence-corrected chi connectivity index (χ4v) is 1.98. The second-order valence-electron chi connectivity index (χ2n) is 4.54. The van der Waals surface area contributed by atoms with Crippen LogP contribution in [0.5, 0.6) is 0 Å². The number of carbonyl (C=O) groups is 1. The third-order valence-electron chi connectivity index (χ3n) is 3.51. The molecule has 1 fully saturated rings. The van der Waals surface area contributed by atoms with Gasteiger partial charge in [0.05, 0.1) is 6.04 Å². The Labute approximate surface area is 93.2 Å². The molecule has 3 nitrogen and oxygen atoms in total. The van der Waals surface area contributed by atoms with E-state index in [1.807, 2.05) is 7.05 Å². The highest BCUT2D eigenvalue weighted by molar-refractivity contribution is 5.81. The van der Waals surface area contributed by atoms with E-state index in [1.54, 1.807) is 0 Å². The first kappa shape index (κ1) is 12.5. The van der Waals surface area contributed by atoms with Crippen LogP contribution in [0.25, 0.3) is 0 Å². The van der Waals surface area contributed by atoms with Gasteiger partial charge in [0.25, 0.3) is 0 Å². The molecule has 0 saturated heterocycles. The molecule has 1 N–H and O–H groups in total. The summed E-state index contributed by atoms with van der Waals surface area (Å²) in [6.45, 7) is 5.96. The van der Waals surface area contributed by atoms with Crippen molar-refractivity contribution in [3.63, 3.8) is 0 Å². The minimum Gasteiger partial charge on any atom is -0.354 e. The van der Waals surface area contributed by atoms with Crippen LogP contribution in [-0.2, 0) is 4.79 Å². The molecular weight excluding hydrogens is 188 g/mol. The van der Waals surface area contributed by atoms with Gasteiger partial charge in [0.15, 0.2) is 0 Å². The van der Waals surface area contributed by atoms with Crippen molar-refractivity contribution >= 4 is 5.91 Å². The second kappa shape index (κ2) is 6.11. The van der Waals surface area contributed by atoms with Gasteiger partial charge in [-0.15, -0.1) is 0 Å². The Hall–Kier alpha value is -0.570. The standard InChI is InChI=1S/C12H24N2O/c1-4-11(14(3)5-2)12(15)13-9-10-7-6-8-10/h10-11H,4-9H2,1-3H3,(H,13,15). The average molecular weight is 212 g/mol. The van der Waals surface area contributed by atoms with E-state index in [9.17, 15) is 4.79 Å². The smallest absolute Gasteiger partial charge is 0.237 e. The molecule has 1 amide bonds. The number of nitrogens with one attached hydrogen (secondary N) is 1. The van der Waals surface area contributed by atoms with Crippen LogP contribution >= 0.6 is 0 Å². The van der Waals surface area contributed by atoms with E-state index in [4.69, 9.17) is 0 Å². The van der Waals surface area contributed by atoms with Gasteiger partial charge in [0.1, 0.15) is 0 Å². The fraction of sp³-hybridized carbons (Fsp3) is 0.917. The molecule has 0 aromatic heterocycles. The first-order chi connectivity index (χ1) is 7.19. The summed E-state index contributed by atoms with van der Waals surface area (Å²) in [7, 11) is 2.01. The zero-order valence-electron chi connectivity index (χ0n) is 10.3. The lowest BCUT2D eigenvalue weighted by Gasteiger charge is -2.28. The molecule has 0 bridgehead atoms. The number of hydrogen-bond donors (Lipinski definition) is 1. The second-order valence-corrected chi connectivity index (χ2v) is 4.54. The fourth-order valence-electron chi connectivity index (χ4n) is 1.98. The SMILES string of the molecule is CCC(C(=O)NCC1CCC1)N(C)CC. The molecule has 1 aliphatic rings. The van der Waals surface area contributed by atoms with Crippen molar-refractivity contribution in [1.82, 2.24) is 10.2 Å². The molecule has 0 spiro atoms. The summed E-state index contributed by atoms with van der Waals surface area (Å²) in [5, 5.41) is 3.07. The molecule has 0 heterocycles. The van der Waals surface area contributed by atoms with E-state index in [2.05, 4.69) is 24.1 Å². The zero-order valence-corrected chi connectivity index (χ0v) is 10.3. The summed E-state index contributed by atoms with van der Waals surface area (Å²) in [4.78, 5) is 14.0. The number of nitrogens with zero attached hydrogens (tertiary/aromatic N) is 1. The van der Waals surface area contributed by atoms with Crippen LogP contribution in [0.1, 0.15) is 39.5 Å². The summed E-state index contributed by atoms with van der Waals surface area (Å²) >= 11 is 0. The van der Waals surface area contributed by atoms with Crippen LogP contribution in [0.15, 0.2) is 0 Å². The van der Waals surface area contributed by atoms with Crippen LogP contribution in [0.3, 0.4) is 0 Å². The summed E-state index contributed by atoms with van der Waals surface area (Å²) < 4.78 is 0. The van der Waals surface area contributed by atoms with E-state index in [0.29, 0.717) is 0 Å². The van der Waals surface area contributed by atoms with Gasteiger partial charge >= 0.3 is 0 Å². The zero-order chi connectivity index (χ0) is 11.3. The summed E-state index contributed by atoms with van der Waals surface area (Å²) in [5.41, 5.74) is 0. The number of carbonyl (C=O) groups excluding carboxylic acids is 1. The van der Waals surface area contributed by atoms with Gasteiger partial charge < -0.3 is 5.32 Å². The lowest BCUT2D eigenvalue weighted by Crippen LogP contribution is -2.46. The Balaban J connectivity index is 2.28. The Morgan fingerprint density at radius 1 is 1.47 bits per heavy atom. The Kier molecular flexibility index (Phi) is 5.09. The van der Waals surface area contributed by atoms with Crippen molar-refractivity contribution in [1.29, 1.82) is 0 Å². The third kappa shape index (κ3) is 3.49. The maximum Gasteiger partial charge on any atom is 0.237 e. The van der Waals surface area contributed by atoms with Gasteiger partial charge in [-0.2, -0.15) is 0 Å². The number of rotatable bonds is 6. The molecule has 0 aromatic carbocycles. The van der Waals surface area contributed by atoms with Gasteiger partial charge in [-0.05, 0) is 38.8 Å². The molecule has 1 rings (SSSR count). The van der Waals surface area contributed by atoms with Gasteiger partial charge in [0, 0.05) is 6.54 Å². The maximum absolute atomic E-state index is 11.9. The lowest BCUT2D eigenvalue weighted by molar-refractivity contribution is -0.126. The first-order valence-corrected chi connectivity index (χ1v) is 6.17. The van der Waals surface area contributed by atoms with E-state index >= 15 is 0 Å². The van der Waals surface area contributed by atoms with Gasteiger partial charge in [-0.25, -0.2) is 0 Å². The minimum atomic E-state index is 0.0510. The number of likely N-dealkylation sites (N-methyl/N-ethyl adjacent to an activating group) is 1. The number of hydrogen-bond acceptors (Lipinski definition) is 2. The molecule has 88 valence electrons. The van der Waals surface area contributed by atoms with Gasteiger partial charge in [-0.1, -0.05) is 20.3 Å². The van der Waals surface area contributed by atoms with Crippen molar-refractivity contribution in [2.45, 2.75) is 45.6 Å². The van der Waals surface area contributed by atoms with Crippen LogP contribution in [0, 0.1) is 5.92 Å². The largest absolute Gasteiger partial charge is 0.354 e. The van der Waals surface area contributed by atoms with Crippen molar-refractivity contribution in [3.8, 4) is 0 Å². The molecule has 1 unspecified atom stereocenters. The average Bonchev–Trinajstić information content (AvgIpc) is 2.16. The lowest BCUT2D eigenvalue weighted by atomic mass is 9.85. The Bertz CT molecular complexity index is 202. The topological polar surface area (TPSA) is 32.3 Å². The van der Waals surface area contributed by atoms with Gasteiger partial charge in [-0.3, -0.25) is 9.69 Å². The highest BCUT2D eigenvalue weighted by Crippen LogP contribution is 2.25. The first-order valence-electron chi connectivity index (χ1n) is 6.17. The molecule has 15 heavy (non-hydrogen) atoms. The molecule has 0 aliphatic heterocycles. The van der Waals surface area contributed by atoms with Crippen LogP contribution in [0.2, 0.25) is 0 Å². The predicted molar refractivity (Wildman–Crippen MR) is 62.7 cm³/mol. The van der Waals surface area contributed by atoms with Crippen LogP contribution in [0.4, 0.5) is 0 Å². The van der Waals surface area contributed by atoms with Crippen LogP contribution < -0.4 is 5.32 Å². The summed E-state index contributed by atoms with van der Waals surface area (Å²) in [6, 6.07) is 0.0510. The highest BCUT2D eigenvalue weighted by Gasteiger charge is 2.22. The Morgan fingerprint density at radius 3 is 2.53 bits per heavy atom. The quantitative estimate of drug-likeness (QED) is 0.726. The normalized spacial score (nSPS) is 18.7. The van der Waals surface area contributed by atoms with E-state index in [1.165, 1.54) is 19.3 Å². The summed E-state index contributed by atoms with van der Waals surface area (Å²) in [6.07, 6.45) is 4.81. The predicted octanol–water partition coefficient (Wildman–Crippen LogP) is 1.63. The number of amides is 1. The molecule has 0 radical (unpaired) electrons. The van der Waals surface area contributed by atoms with Crippen LogP contribution in [-0.4, -0.2) is 37.0 Å². The summed E-state index contributed by atoms with van der Waals surface area (Å²) in [5.74, 6) is 0.951. The third-order valence-corrected chi connectivity index (χ3v) is 3.51. The van der Waals surface area contributed by atoms with E-state index in [0.717, 1.165) is 25.4 Å². The molecule has 1 aliphatic carbocycles. The van der Waals surface area contributed by atoms with E-state index in [-0.39, 0.29) is 11.9 Å². The highest BCUT2D eigenvalue weighted by atomic mass is 16.2. The Morgan fingerprint density at radius 2 is 2.13 bits per heavy atom. The van der Waals surface area contributed by atoms with Crippen molar-refractivity contribution in [3.05, 3.63) is 0 Å². The molecule has 1 saturated carbocycles. The van der Waals surface area contributed by atoms with E-state index < -0.39 is 0 Å². The monoisotopic (exact) mass is 212 g/mol. The molecule has 3 heteroatoms. The molecule has 1 atom stereocenters. The molecule has 0 aromatic rings. The maximum atomic E-state index is 11.9. The van der Waals surface area contributed by atoms with Crippen molar-refractivity contribution in [2.75, 3.05) is 20.1 Å². The van der Waals surface area contributed by atoms with Gasteiger partial charge in [0.2, 0.25) is 5.91 Å². The molecular formula is C12H24N2O. The minimum absolute atomic E-state index is 0.0510. The van der Waals surface area contributed by atoms with Crippen molar-refractivity contribution < 1.29 is 4.79 Å². The van der Waals surface area contributed by atoms with Crippen molar-refractivity contribution in [2.24, 2.45) is 5.92 Å².